The highest BCUT2D eigenvalue weighted by Crippen LogP contribution is 2.17. The summed E-state index contributed by atoms with van der Waals surface area (Å²) in [7, 11) is 0. The molecule has 72 valence electrons. The summed E-state index contributed by atoms with van der Waals surface area (Å²) in [6.07, 6.45) is 1.71. The lowest BCUT2D eigenvalue weighted by Gasteiger charge is -1.98. The molecule has 0 aliphatic rings. The first kappa shape index (κ1) is 8.83. The number of H-pyrrole nitrogens is 1. The summed E-state index contributed by atoms with van der Waals surface area (Å²) in [4.78, 5) is 0. The summed E-state index contributed by atoms with van der Waals surface area (Å²) in [6.45, 7) is 2.34. The van der Waals surface area contributed by atoms with Crippen molar-refractivity contribution < 1.29 is 0 Å². The van der Waals surface area contributed by atoms with Gasteiger partial charge in [0, 0.05) is 12.1 Å². The van der Waals surface area contributed by atoms with Gasteiger partial charge >= 0.3 is 0 Å². The number of rotatable bonds is 2. The normalized spacial score (nSPS) is 10.4. The zero-order valence-electron chi connectivity index (χ0n) is 7.86. The second kappa shape index (κ2) is 3.55. The van der Waals surface area contributed by atoms with Crippen LogP contribution in [-0.2, 0) is 6.54 Å². The van der Waals surface area contributed by atoms with E-state index in [4.69, 9.17) is 5.73 Å². The third-order valence-corrected chi connectivity index (χ3v) is 1.99. The summed E-state index contributed by atoms with van der Waals surface area (Å²) in [5.74, 6) is 0. The molecule has 0 fully saturated rings. The number of hydrogen-bond acceptors (Lipinski definition) is 4. The van der Waals surface area contributed by atoms with Gasteiger partial charge in [-0.3, -0.25) is 5.10 Å². The third kappa shape index (κ3) is 1.49. The fourth-order valence-electron chi connectivity index (χ4n) is 1.22. The van der Waals surface area contributed by atoms with Gasteiger partial charge in [0.1, 0.15) is 5.69 Å². The SMILES string of the molecule is Cc1ccc(-c2[nH]ncc2CN)nn1. The van der Waals surface area contributed by atoms with Crippen LogP contribution in [0.1, 0.15) is 11.3 Å². The van der Waals surface area contributed by atoms with Crippen LogP contribution in [0.15, 0.2) is 18.3 Å². The molecule has 5 heteroatoms. The topological polar surface area (TPSA) is 80.5 Å². The summed E-state index contributed by atoms with van der Waals surface area (Å²) < 4.78 is 0. The van der Waals surface area contributed by atoms with Gasteiger partial charge in [-0.2, -0.15) is 10.2 Å². The van der Waals surface area contributed by atoms with Crippen LogP contribution < -0.4 is 5.73 Å². The Bertz CT molecular complexity index is 417. The number of nitrogens with zero attached hydrogens (tertiary/aromatic N) is 3. The lowest BCUT2D eigenvalue weighted by molar-refractivity contribution is 0.970. The molecule has 0 amide bonds. The van der Waals surface area contributed by atoms with Gasteiger partial charge in [0.25, 0.3) is 0 Å². The number of aryl methyl sites for hydroxylation is 1. The highest BCUT2D eigenvalue weighted by atomic mass is 15.2. The van der Waals surface area contributed by atoms with E-state index < -0.39 is 0 Å². The van der Waals surface area contributed by atoms with Gasteiger partial charge in [-0.25, -0.2) is 0 Å². The molecule has 2 rings (SSSR count). The Morgan fingerprint density at radius 3 is 2.86 bits per heavy atom. The van der Waals surface area contributed by atoms with Crippen LogP contribution >= 0.6 is 0 Å². The minimum atomic E-state index is 0.446. The van der Waals surface area contributed by atoms with Gasteiger partial charge in [0.05, 0.1) is 17.6 Å². The quantitative estimate of drug-likeness (QED) is 0.726. The van der Waals surface area contributed by atoms with Crippen LogP contribution in [0.2, 0.25) is 0 Å². The fraction of sp³-hybridized carbons (Fsp3) is 0.222. The first-order valence-electron chi connectivity index (χ1n) is 4.34. The maximum atomic E-state index is 5.55. The second-order valence-corrected chi connectivity index (χ2v) is 3.03. The number of hydrogen-bond donors (Lipinski definition) is 2. The summed E-state index contributed by atoms with van der Waals surface area (Å²) in [5.41, 5.74) is 9.01. The summed E-state index contributed by atoms with van der Waals surface area (Å²) >= 11 is 0. The van der Waals surface area contributed by atoms with E-state index in [9.17, 15) is 0 Å². The van der Waals surface area contributed by atoms with Crippen LogP contribution in [-0.4, -0.2) is 20.4 Å². The summed E-state index contributed by atoms with van der Waals surface area (Å²) in [5, 5.41) is 14.8. The van der Waals surface area contributed by atoms with Crippen molar-refractivity contribution in [2.24, 2.45) is 5.73 Å². The van der Waals surface area contributed by atoms with Gasteiger partial charge in [0.15, 0.2) is 0 Å². The molecule has 0 spiro atoms. The van der Waals surface area contributed by atoms with Crippen molar-refractivity contribution in [2.45, 2.75) is 13.5 Å². The lowest BCUT2D eigenvalue weighted by Crippen LogP contribution is -1.98. The number of nitrogens with two attached hydrogens (primary N) is 1. The predicted molar refractivity (Wildman–Crippen MR) is 52.2 cm³/mol. The van der Waals surface area contributed by atoms with Gasteiger partial charge in [-0.15, -0.1) is 5.10 Å². The minimum absolute atomic E-state index is 0.446. The van der Waals surface area contributed by atoms with E-state index in [-0.39, 0.29) is 0 Å². The number of aromatic nitrogens is 4. The molecule has 2 heterocycles. The highest BCUT2D eigenvalue weighted by Gasteiger charge is 2.07. The molecule has 0 saturated carbocycles. The van der Waals surface area contributed by atoms with Crippen molar-refractivity contribution in [2.75, 3.05) is 0 Å². The van der Waals surface area contributed by atoms with Crippen molar-refractivity contribution in [1.29, 1.82) is 0 Å². The van der Waals surface area contributed by atoms with Crippen molar-refractivity contribution in [3.8, 4) is 11.4 Å². The Morgan fingerprint density at radius 1 is 1.36 bits per heavy atom. The molecule has 2 aromatic rings. The zero-order valence-corrected chi connectivity index (χ0v) is 7.86. The Hall–Kier alpha value is -1.75. The average molecular weight is 189 g/mol. The largest absolute Gasteiger partial charge is 0.326 e. The zero-order chi connectivity index (χ0) is 9.97. The Balaban J connectivity index is 2.44. The van der Waals surface area contributed by atoms with E-state index in [0.717, 1.165) is 22.6 Å². The Labute approximate surface area is 81.4 Å². The average Bonchev–Trinajstić information content (AvgIpc) is 2.67. The first-order chi connectivity index (χ1) is 6.81. The molecule has 2 aromatic heterocycles. The van der Waals surface area contributed by atoms with Crippen molar-refractivity contribution in [3.05, 3.63) is 29.6 Å². The molecule has 0 radical (unpaired) electrons. The molecule has 14 heavy (non-hydrogen) atoms. The van der Waals surface area contributed by atoms with E-state index in [1.54, 1.807) is 6.20 Å². The molecule has 0 aromatic carbocycles. The summed E-state index contributed by atoms with van der Waals surface area (Å²) in [6, 6.07) is 3.80. The van der Waals surface area contributed by atoms with E-state index in [1.165, 1.54) is 0 Å². The molecule has 0 saturated heterocycles. The Kier molecular flexibility index (Phi) is 2.24. The predicted octanol–water partition coefficient (Wildman–Crippen LogP) is 0.634. The van der Waals surface area contributed by atoms with E-state index >= 15 is 0 Å². The van der Waals surface area contributed by atoms with Crippen molar-refractivity contribution in [3.63, 3.8) is 0 Å². The maximum absolute atomic E-state index is 5.55. The molecular formula is C9H11N5. The van der Waals surface area contributed by atoms with E-state index in [2.05, 4.69) is 20.4 Å². The van der Waals surface area contributed by atoms with Gasteiger partial charge in [-0.05, 0) is 19.1 Å². The second-order valence-electron chi connectivity index (χ2n) is 3.03. The molecule has 0 unspecified atom stereocenters. The van der Waals surface area contributed by atoms with Gasteiger partial charge in [0.2, 0.25) is 0 Å². The number of nitrogens with one attached hydrogen (secondary N) is 1. The fourth-order valence-corrected chi connectivity index (χ4v) is 1.22. The number of aromatic amines is 1. The van der Waals surface area contributed by atoms with Crippen molar-refractivity contribution >= 4 is 0 Å². The van der Waals surface area contributed by atoms with Crippen LogP contribution in [0, 0.1) is 6.92 Å². The molecule has 5 nitrogen and oxygen atoms in total. The van der Waals surface area contributed by atoms with Crippen LogP contribution in [0.5, 0.6) is 0 Å². The Morgan fingerprint density at radius 2 is 2.21 bits per heavy atom. The third-order valence-electron chi connectivity index (χ3n) is 1.99. The standard InChI is InChI=1S/C9H11N5/c1-6-2-3-8(13-12-6)9-7(4-10)5-11-14-9/h2-3,5H,4,10H2,1H3,(H,11,14). The molecular weight excluding hydrogens is 178 g/mol. The monoisotopic (exact) mass is 189 g/mol. The lowest BCUT2D eigenvalue weighted by atomic mass is 10.2. The molecule has 0 bridgehead atoms. The van der Waals surface area contributed by atoms with Crippen molar-refractivity contribution in [1.82, 2.24) is 20.4 Å². The molecule has 3 N–H and O–H groups in total. The smallest absolute Gasteiger partial charge is 0.111 e. The van der Waals surface area contributed by atoms with Crippen LogP contribution in [0.3, 0.4) is 0 Å². The van der Waals surface area contributed by atoms with Crippen LogP contribution in [0.4, 0.5) is 0 Å². The highest BCUT2D eigenvalue weighted by molar-refractivity contribution is 5.57. The molecule has 0 aliphatic carbocycles. The van der Waals surface area contributed by atoms with Crippen LogP contribution in [0.25, 0.3) is 11.4 Å². The first-order valence-corrected chi connectivity index (χ1v) is 4.34. The van der Waals surface area contributed by atoms with E-state index in [0.29, 0.717) is 6.54 Å². The van der Waals surface area contributed by atoms with Gasteiger partial charge in [-0.1, -0.05) is 0 Å². The van der Waals surface area contributed by atoms with E-state index in [1.807, 2.05) is 19.1 Å². The molecule has 0 atom stereocenters. The molecule has 0 aliphatic heterocycles. The van der Waals surface area contributed by atoms with Gasteiger partial charge < -0.3 is 5.73 Å². The minimum Gasteiger partial charge on any atom is -0.326 e. The maximum Gasteiger partial charge on any atom is 0.111 e.